The summed E-state index contributed by atoms with van der Waals surface area (Å²) in [4.78, 5) is 31.4. The second kappa shape index (κ2) is 9.62. The number of benzene rings is 2. The van der Waals surface area contributed by atoms with E-state index < -0.39 is 17.4 Å². The van der Waals surface area contributed by atoms with E-state index in [4.69, 9.17) is 4.74 Å². The van der Waals surface area contributed by atoms with Crippen LogP contribution in [0.4, 0.5) is 0 Å². The van der Waals surface area contributed by atoms with Crippen LogP contribution in [-0.4, -0.2) is 42.7 Å². The first-order chi connectivity index (χ1) is 15.5. The first kappa shape index (κ1) is 22.2. The van der Waals surface area contributed by atoms with Gasteiger partial charge in [-0.15, -0.1) is 0 Å². The molecule has 8 nitrogen and oxygen atoms in total. The molecule has 0 spiro atoms. The van der Waals surface area contributed by atoms with Crippen molar-refractivity contribution in [3.8, 4) is 5.75 Å². The van der Waals surface area contributed by atoms with E-state index in [1.165, 1.54) is 16.3 Å². The van der Waals surface area contributed by atoms with Gasteiger partial charge in [-0.2, -0.15) is 0 Å². The maximum atomic E-state index is 12.6. The van der Waals surface area contributed by atoms with Crippen molar-refractivity contribution in [1.82, 2.24) is 19.1 Å². The Kier molecular flexibility index (Phi) is 6.66. The lowest BCUT2D eigenvalue weighted by molar-refractivity contribution is 0.0921. The molecule has 0 unspecified atom stereocenters. The van der Waals surface area contributed by atoms with Crippen molar-refractivity contribution in [3.63, 3.8) is 0 Å². The van der Waals surface area contributed by atoms with E-state index in [1.807, 2.05) is 42.5 Å². The Labute approximate surface area is 188 Å². The summed E-state index contributed by atoms with van der Waals surface area (Å²) in [6, 6.07) is 13.7. The fourth-order valence-electron chi connectivity index (χ4n) is 3.57. The lowest BCUT2D eigenvalue weighted by Gasteiger charge is -2.16. The molecule has 0 bridgehead atoms. The van der Waals surface area contributed by atoms with Crippen LogP contribution in [0.1, 0.15) is 19.8 Å². The zero-order valence-electron chi connectivity index (χ0n) is 18.1. The van der Waals surface area contributed by atoms with Crippen molar-refractivity contribution in [1.29, 1.82) is 0 Å². The summed E-state index contributed by atoms with van der Waals surface area (Å²) in [6.45, 7) is 2.28. The van der Waals surface area contributed by atoms with E-state index in [-0.39, 0.29) is 18.7 Å². The van der Waals surface area contributed by atoms with Crippen LogP contribution in [0.25, 0.3) is 21.9 Å². The number of unbranched alkanes of at least 4 members (excludes halogenated alkanes) is 1. The van der Waals surface area contributed by atoms with Gasteiger partial charge in [0.25, 0.3) is 5.56 Å². The third-order valence-electron chi connectivity index (χ3n) is 5.28. The molecule has 168 valence electrons. The van der Waals surface area contributed by atoms with Crippen molar-refractivity contribution in [2.45, 2.75) is 37.6 Å². The van der Waals surface area contributed by atoms with E-state index in [2.05, 4.69) is 16.9 Å². The maximum Gasteiger partial charge on any atom is 0.329 e. The number of H-pyrrole nitrogens is 1. The van der Waals surface area contributed by atoms with Crippen LogP contribution in [0.2, 0.25) is 0 Å². The van der Waals surface area contributed by atoms with E-state index in [0.29, 0.717) is 16.6 Å². The standard InChI is InChI=1S/C23H26N4O4S/c1-3-4-12-32-23-24-20-19(21(29)25-22(30)26(20)2)27(23)13-16(28)14-31-18-11-7-9-15-8-5-6-10-17(15)18/h5-11,16,28H,3-4,12-14H2,1-2H3,(H,25,29,30)/t16-/m1/s1. The summed E-state index contributed by atoms with van der Waals surface area (Å²) in [5.74, 6) is 1.52. The zero-order chi connectivity index (χ0) is 22.7. The molecule has 0 radical (unpaired) electrons. The van der Waals surface area contributed by atoms with E-state index >= 15 is 0 Å². The molecule has 0 amide bonds. The first-order valence-corrected chi connectivity index (χ1v) is 11.6. The third-order valence-corrected chi connectivity index (χ3v) is 6.34. The number of thioether (sulfide) groups is 1. The minimum absolute atomic E-state index is 0.0520. The number of aromatic nitrogens is 4. The van der Waals surface area contributed by atoms with Gasteiger partial charge in [-0.25, -0.2) is 9.78 Å². The van der Waals surface area contributed by atoms with Gasteiger partial charge >= 0.3 is 5.69 Å². The molecule has 2 aromatic heterocycles. The fraction of sp³-hybridized carbons (Fsp3) is 0.348. The number of rotatable bonds is 9. The minimum atomic E-state index is -0.881. The summed E-state index contributed by atoms with van der Waals surface area (Å²) in [7, 11) is 1.57. The molecule has 2 heterocycles. The van der Waals surface area contributed by atoms with Crippen LogP contribution < -0.4 is 16.0 Å². The molecule has 0 aliphatic heterocycles. The summed E-state index contributed by atoms with van der Waals surface area (Å²) >= 11 is 1.51. The highest BCUT2D eigenvalue weighted by Gasteiger charge is 2.20. The van der Waals surface area contributed by atoms with Gasteiger partial charge in [-0.3, -0.25) is 14.3 Å². The Balaban J connectivity index is 1.60. The summed E-state index contributed by atoms with van der Waals surface area (Å²) < 4.78 is 8.92. The normalized spacial score (nSPS) is 12.5. The van der Waals surface area contributed by atoms with Crippen molar-refractivity contribution < 1.29 is 9.84 Å². The Morgan fingerprint density at radius 3 is 2.78 bits per heavy atom. The number of aliphatic hydroxyl groups excluding tert-OH is 1. The van der Waals surface area contributed by atoms with Crippen molar-refractivity contribution >= 4 is 33.7 Å². The molecular formula is C23H26N4O4S. The SMILES string of the molecule is CCCCSc1nc2c(c(=O)[nH]c(=O)n2C)n1C[C@@H](O)COc1cccc2ccccc12. The van der Waals surface area contributed by atoms with Crippen LogP contribution in [-0.2, 0) is 13.6 Å². The molecular weight excluding hydrogens is 428 g/mol. The number of aliphatic hydroxyl groups is 1. The molecule has 0 saturated heterocycles. The Morgan fingerprint density at radius 2 is 1.97 bits per heavy atom. The van der Waals surface area contributed by atoms with Crippen LogP contribution in [0.3, 0.4) is 0 Å². The first-order valence-electron chi connectivity index (χ1n) is 10.6. The van der Waals surface area contributed by atoms with Gasteiger partial charge in [0.15, 0.2) is 16.3 Å². The van der Waals surface area contributed by atoms with E-state index in [9.17, 15) is 14.7 Å². The second-order valence-corrected chi connectivity index (χ2v) is 8.70. The van der Waals surface area contributed by atoms with Gasteiger partial charge in [0, 0.05) is 18.2 Å². The number of imidazole rings is 1. The van der Waals surface area contributed by atoms with Gasteiger partial charge in [-0.1, -0.05) is 61.5 Å². The maximum absolute atomic E-state index is 12.6. The van der Waals surface area contributed by atoms with Crippen LogP contribution in [0.15, 0.2) is 57.2 Å². The number of aryl methyl sites for hydroxylation is 1. The van der Waals surface area contributed by atoms with Crippen molar-refractivity contribution in [3.05, 3.63) is 63.3 Å². The average molecular weight is 455 g/mol. The quantitative estimate of drug-likeness (QED) is 0.298. The molecule has 9 heteroatoms. The smallest absolute Gasteiger partial charge is 0.329 e. The van der Waals surface area contributed by atoms with E-state index in [0.717, 1.165) is 29.4 Å². The number of hydrogen-bond acceptors (Lipinski definition) is 6. The topological polar surface area (TPSA) is 102 Å². The number of hydrogen-bond donors (Lipinski definition) is 2. The van der Waals surface area contributed by atoms with Crippen LogP contribution >= 0.6 is 11.8 Å². The van der Waals surface area contributed by atoms with Gasteiger partial charge in [0.2, 0.25) is 0 Å². The second-order valence-electron chi connectivity index (χ2n) is 7.64. The zero-order valence-corrected chi connectivity index (χ0v) is 18.9. The number of aromatic amines is 1. The van der Waals surface area contributed by atoms with E-state index in [1.54, 1.807) is 11.6 Å². The molecule has 1 atom stereocenters. The monoisotopic (exact) mass is 454 g/mol. The average Bonchev–Trinajstić information content (AvgIpc) is 3.15. The van der Waals surface area contributed by atoms with Gasteiger partial charge in [-0.05, 0) is 17.9 Å². The molecule has 0 aliphatic carbocycles. The van der Waals surface area contributed by atoms with Crippen molar-refractivity contribution in [2.24, 2.45) is 7.05 Å². The van der Waals surface area contributed by atoms with Gasteiger partial charge in [0.1, 0.15) is 18.5 Å². The fourth-order valence-corrected chi connectivity index (χ4v) is 4.66. The number of nitrogens with one attached hydrogen (secondary N) is 1. The largest absolute Gasteiger partial charge is 0.490 e. The highest BCUT2D eigenvalue weighted by molar-refractivity contribution is 7.99. The molecule has 0 fully saturated rings. The van der Waals surface area contributed by atoms with Gasteiger partial charge in [0.05, 0.1) is 6.54 Å². The molecule has 0 saturated carbocycles. The van der Waals surface area contributed by atoms with Crippen molar-refractivity contribution in [2.75, 3.05) is 12.4 Å². The Hall–Kier alpha value is -3.04. The summed E-state index contributed by atoms with van der Waals surface area (Å²) in [5.41, 5.74) is -0.451. The molecule has 4 aromatic rings. The number of nitrogens with zero attached hydrogens (tertiary/aromatic N) is 3. The van der Waals surface area contributed by atoms with Crippen LogP contribution in [0.5, 0.6) is 5.75 Å². The van der Waals surface area contributed by atoms with Crippen LogP contribution in [0, 0.1) is 0 Å². The third kappa shape index (κ3) is 4.44. The summed E-state index contributed by atoms with van der Waals surface area (Å²) in [6.07, 6.45) is 1.15. The van der Waals surface area contributed by atoms with Gasteiger partial charge < -0.3 is 14.4 Å². The lowest BCUT2D eigenvalue weighted by atomic mass is 10.1. The summed E-state index contributed by atoms with van der Waals surface area (Å²) in [5, 5.41) is 13.4. The molecule has 2 N–H and O–H groups in total. The number of fused-ring (bicyclic) bond motifs is 2. The molecule has 0 aliphatic rings. The predicted octanol–water partition coefficient (Wildman–Crippen LogP) is 2.91. The highest BCUT2D eigenvalue weighted by atomic mass is 32.2. The molecule has 2 aromatic carbocycles. The molecule has 32 heavy (non-hydrogen) atoms. The minimum Gasteiger partial charge on any atom is -0.490 e. The lowest BCUT2D eigenvalue weighted by Crippen LogP contribution is -2.30. The Bertz CT molecular complexity index is 1350. The highest BCUT2D eigenvalue weighted by Crippen LogP contribution is 2.26. The predicted molar refractivity (Wildman–Crippen MR) is 127 cm³/mol. The number of ether oxygens (including phenoxy) is 1. The Morgan fingerprint density at radius 1 is 1.19 bits per heavy atom. The molecule has 4 rings (SSSR count).